The minimum Gasteiger partial charge on any atom is -0.508 e. The number of phenols is 1. The van der Waals surface area contributed by atoms with Gasteiger partial charge in [-0.2, -0.15) is 0 Å². The molecule has 0 aromatic heterocycles. The number of carbonyl (C=O) groups is 2. The van der Waals surface area contributed by atoms with Crippen LogP contribution in [0.15, 0.2) is 24.3 Å². The lowest BCUT2D eigenvalue weighted by atomic mass is 10.1. The van der Waals surface area contributed by atoms with Gasteiger partial charge in [-0.3, -0.25) is 0 Å². The smallest absolute Gasteiger partial charge is 0.408 e. The van der Waals surface area contributed by atoms with Crippen LogP contribution in [-0.4, -0.2) is 33.9 Å². The SMILES string of the molecule is CC(C)(C)OC(=O)[15NH][C@@H](Cc1ccc(O)cc1)C(=O)O. The Kier molecular flexibility index (Phi) is 4.96. The summed E-state index contributed by atoms with van der Waals surface area (Å²) in [6, 6.07) is 5.03. The molecule has 0 saturated heterocycles. The Morgan fingerprint density at radius 1 is 1.25 bits per heavy atom. The van der Waals surface area contributed by atoms with Crippen molar-refractivity contribution in [2.75, 3.05) is 0 Å². The van der Waals surface area contributed by atoms with Gasteiger partial charge in [0, 0.05) is 6.42 Å². The summed E-state index contributed by atoms with van der Waals surface area (Å²) in [5.41, 5.74) is -0.00247. The summed E-state index contributed by atoms with van der Waals surface area (Å²) < 4.78 is 5.02. The second-order valence-electron chi connectivity index (χ2n) is 5.41. The molecule has 1 aromatic carbocycles. The standard InChI is InChI=1S/C14H19NO5/c1-14(2,3)20-13(19)15-11(12(17)18)8-9-4-6-10(16)7-5-9/h4-7,11,16H,8H2,1-3H3,(H,15,19)(H,17,18)/t11-/m0/s1/i15+1. The van der Waals surface area contributed by atoms with E-state index in [4.69, 9.17) is 14.9 Å². The lowest BCUT2D eigenvalue weighted by Crippen LogP contribution is -2.44. The average Bonchev–Trinajstić information content (AvgIpc) is 2.28. The van der Waals surface area contributed by atoms with Crippen LogP contribution in [0.2, 0.25) is 0 Å². The number of phenolic OH excluding ortho intramolecular Hbond substituents is 1. The zero-order valence-electron chi connectivity index (χ0n) is 11.7. The van der Waals surface area contributed by atoms with Crippen molar-refractivity contribution in [3.63, 3.8) is 0 Å². The van der Waals surface area contributed by atoms with E-state index in [0.717, 1.165) is 0 Å². The molecule has 6 nitrogen and oxygen atoms in total. The van der Waals surface area contributed by atoms with Crippen molar-refractivity contribution >= 4 is 12.1 Å². The van der Waals surface area contributed by atoms with Crippen LogP contribution >= 0.6 is 0 Å². The van der Waals surface area contributed by atoms with Gasteiger partial charge in [0.25, 0.3) is 0 Å². The van der Waals surface area contributed by atoms with Gasteiger partial charge < -0.3 is 20.3 Å². The zero-order valence-corrected chi connectivity index (χ0v) is 11.7. The minimum atomic E-state index is -1.15. The predicted octanol–water partition coefficient (Wildman–Crippen LogP) is 1.91. The first kappa shape index (κ1) is 15.8. The molecule has 0 aliphatic heterocycles. The third-order valence-electron chi connectivity index (χ3n) is 2.37. The normalized spacial score (nSPS) is 12.6. The Morgan fingerprint density at radius 3 is 2.25 bits per heavy atom. The van der Waals surface area contributed by atoms with Gasteiger partial charge in [0.15, 0.2) is 0 Å². The molecular weight excluding hydrogens is 263 g/mol. The van der Waals surface area contributed by atoms with Gasteiger partial charge in [0.2, 0.25) is 0 Å². The summed E-state index contributed by atoms with van der Waals surface area (Å²) in [6.07, 6.45) is -0.668. The van der Waals surface area contributed by atoms with Crippen molar-refractivity contribution in [1.29, 1.82) is 0 Å². The number of hydrogen-bond acceptors (Lipinski definition) is 4. The number of benzene rings is 1. The molecule has 0 spiro atoms. The summed E-state index contributed by atoms with van der Waals surface area (Å²) >= 11 is 0. The average molecular weight is 282 g/mol. The molecule has 1 atom stereocenters. The number of aliphatic carboxylic acids is 1. The van der Waals surface area contributed by atoms with Crippen molar-refractivity contribution in [2.24, 2.45) is 0 Å². The Labute approximate surface area is 117 Å². The van der Waals surface area contributed by atoms with Crippen LogP contribution in [-0.2, 0) is 16.0 Å². The highest BCUT2D eigenvalue weighted by molar-refractivity contribution is 5.80. The Balaban J connectivity index is 2.68. The first-order valence-corrected chi connectivity index (χ1v) is 6.17. The largest absolute Gasteiger partial charge is 0.508 e. The second kappa shape index (κ2) is 6.27. The summed E-state index contributed by atoms with van der Waals surface area (Å²) in [6.45, 7) is 5.09. The molecule has 0 radical (unpaired) electrons. The van der Waals surface area contributed by atoms with Crippen molar-refractivity contribution in [1.82, 2.24) is 5.32 Å². The topological polar surface area (TPSA) is 95.9 Å². The predicted molar refractivity (Wildman–Crippen MR) is 72.6 cm³/mol. The molecule has 1 rings (SSSR count). The van der Waals surface area contributed by atoms with Crippen LogP contribution in [0.3, 0.4) is 0 Å². The first-order valence-electron chi connectivity index (χ1n) is 6.17. The van der Waals surface area contributed by atoms with Crippen molar-refractivity contribution in [3.8, 4) is 5.75 Å². The maximum Gasteiger partial charge on any atom is 0.408 e. The lowest BCUT2D eigenvalue weighted by molar-refractivity contribution is -0.139. The molecule has 6 heteroatoms. The van der Waals surface area contributed by atoms with Crippen LogP contribution in [0.5, 0.6) is 5.75 Å². The van der Waals surface area contributed by atoms with E-state index in [1.165, 1.54) is 12.1 Å². The van der Waals surface area contributed by atoms with E-state index >= 15 is 0 Å². The molecule has 0 heterocycles. The van der Waals surface area contributed by atoms with E-state index in [2.05, 4.69) is 5.32 Å². The molecule has 3 N–H and O–H groups in total. The van der Waals surface area contributed by atoms with E-state index < -0.39 is 23.7 Å². The molecular formula is C14H19NO5. The molecule has 0 aliphatic rings. The number of carboxylic acid groups (broad SMARTS) is 1. The third-order valence-corrected chi connectivity index (χ3v) is 2.37. The van der Waals surface area contributed by atoms with Gasteiger partial charge in [0.1, 0.15) is 17.4 Å². The number of alkyl carbamates (subject to hydrolysis) is 1. The molecule has 0 fully saturated rings. The molecule has 0 saturated carbocycles. The van der Waals surface area contributed by atoms with Gasteiger partial charge in [-0.1, -0.05) is 12.1 Å². The first-order chi connectivity index (χ1) is 9.17. The Hall–Kier alpha value is -2.24. The van der Waals surface area contributed by atoms with Gasteiger partial charge in [-0.15, -0.1) is 0 Å². The number of nitrogens with one attached hydrogen (secondary N) is 1. The fourth-order valence-electron chi connectivity index (χ4n) is 1.52. The van der Waals surface area contributed by atoms with Crippen LogP contribution in [0.1, 0.15) is 26.3 Å². The summed E-state index contributed by atoms with van der Waals surface area (Å²) in [5.74, 6) is -1.05. The summed E-state index contributed by atoms with van der Waals surface area (Å²) in [5, 5.41) is 20.6. The van der Waals surface area contributed by atoms with Crippen LogP contribution in [0.4, 0.5) is 4.79 Å². The molecule has 1 aromatic rings. The fraction of sp³-hybridized carbons (Fsp3) is 0.429. The zero-order chi connectivity index (χ0) is 15.3. The quantitative estimate of drug-likeness (QED) is 0.733. The van der Waals surface area contributed by atoms with E-state index in [0.29, 0.717) is 5.56 Å². The maximum atomic E-state index is 11.6. The number of hydrogen-bond donors (Lipinski definition) is 3. The number of carboxylic acids is 1. The molecule has 0 unspecified atom stereocenters. The third kappa shape index (κ3) is 5.60. The van der Waals surface area contributed by atoms with E-state index in [9.17, 15) is 9.59 Å². The van der Waals surface area contributed by atoms with Gasteiger partial charge in [-0.05, 0) is 38.5 Å². The number of amides is 1. The molecule has 1 amide bonds. The number of rotatable bonds is 4. The summed E-state index contributed by atoms with van der Waals surface area (Å²) in [7, 11) is 0. The van der Waals surface area contributed by atoms with E-state index in [-0.39, 0.29) is 12.2 Å². The number of aromatic hydroxyl groups is 1. The minimum absolute atomic E-state index is 0.0979. The maximum absolute atomic E-state index is 11.6. The highest BCUT2D eigenvalue weighted by atomic mass is 16.6. The molecule has 0 aliphatic carbocycles. The fourth-order valence-corrected chi connectivity index (χ4v) is 1.52. The van der Waals surface area contributed by atoms with Crippen LogP contribution in [0, 0.1) is 0 Å². The molecule has 20 heavy (non-hydrogen) atoms. The monoisotopic (exact) mass is 282 g/mol. The Bertz CT molecular complexity index is 475. The van der Waals surface area contributed by atoms with Crippen LogP contribution < -0.4 is 5.32 Å². The Morgan fingerprint density at radius 2 is 1.80 bits per heavy atom. The van der Waals surface area contributed by atoms with Crippen molar-refractivity contribution in [2.45, 2.75) is 38.8 Å². The lowest BCUT2D eigenvalue weighted by Gasteiger charge is -2.22. The van der Waals surface area contributed by atoms with Crippen LogP contribution in [0.25, 0.3) is 0 Å². The van der Waals surface area contributed by atoms with Gasteiger partial charge in [-0.25, -0.2) is 9.59 Å². The number of ether oxygens (including phenoxy) is 1. The van der Waals surface area contributed by atoms with E-state index in [1.54, 1.807) is 32.9 Å². The van der Waals surface area contributed by atoms with E-state index in [1.807, 2.05) is 0 Å². The van der Waals surface area contributed by atoms with Gasteiger partial charge in [0.05, 0.1) is 0 Å². The molecule has 110 valence electrons. The van der Waals surface area contributed by atoms with Gasteiger partial charge >= 0.3 is 12.1 Å². The summed E-state index contributed by atoms with van der Waals surface area (Å²) in [4.78, 5) is 22.7. The number of carbonyl (C=O) groups excluding carboxylic acids is 1. The van der Waals surface area contributed by atoms with Crippen molar-refractivity contribution in [3.05, 3.63) is 29.8 Å². The van der Waals surface area contributed by atoms with Crippen molar-refractivity contribution < 1.29 is 24.5 Å². The highest BCUT2D eigenvalue weighted by Gasteiger charge is 2.24. The molecule has 0 bridgehead atoms. The second-order valence-corrected chi connectivity index (χ2v) is 5.41. The highest BCUT2D eigenvalue weighted by Crippen LogP contribution is 2.12.